The maximum Gasteiger partial charge on any atom is 0.326 e. The van der Waals surface area contributed by atoms with Gasteiger partial charge < -0.3 is 10.6 Å². The zero-order valence-corrected chi connectivity index (χ0v) is 17.5. The summed E-state index contributed by atoms with van der Waals surface area (Å²) in [6.07, 6.45) is 0.863. The number of nitrogens with one attached hydrogen (secondary N) is 2. The van der Waals surface area contributed by atoms with Crippen molar-refractivity contribution in [3.05, 3.63) is 47.2 Å². The summed E-state index contributed by atoms with van der Waals surface area (Å²) in [5, 5.41) is 6.76. The highest BCUT2D eigenvalue weighted by Gasteiger charge is 2.26. The van der Waals surface area contributed by atoms with E-state index in [-0.39, 0.29) is 18.0 Å². The monoisotopic (exact) mass is 398 g/mol. The van der Waals surface area contributed by atoms with Gasteiger partial charge >= 0.3 is 6.03 Å². The highest BCUT2D eigenvalue weighted by atomic mass is 32.2. The first kappa shape index (κ1) is 20.2. The van der Waals surface area contributed by atoms with Gasteiger partial charge in [-0.25, -0.2) is 9.78 Å². The molecule has 1 aromatic carbocycles. The zero-order chi connectivity index (χ0) is 20.3. The topological polar surface area (TPSA) is 74.3 Å². The average Bonchev–Trinajstić information content (AvgIpc) is 2.67. The Morgan fingerprint density at radius 2 is 2.07 bits per heavy atom. The second kappa shape index (κ2) is 8.65. The molecule has 28 heavy (non-hydrogen) atoms. The summed E-state index contributed by atoms with van der Waals surface area (Å²) in [7, 11) is 0. The summed E-state index contributed by atoms with van der Waals surface area (Å²) in [6, 6.07) is 8.90. The quantitative estimate of drug-likeness (QED) is 0.802. The number of anilines is 2. The maximum absolute atomic E-state index is 12.9. The highest BCUT2D eigenvalue weighted by Crippen LogP contribution is 2.36. The third-order valence-electron chi connectivity index (χ3n) is 4.71. The van der Waals surface area contributed by atoms with E-state index in [0.29, 0.717) is 17.8 Å². The summed E-state index contributed by atoms with van der Waals surface area (Å²) in [6.45, 7) is 8.56. The van der Waals surface area contributed by atoms with Crippen molar-refractivity contribution in [1.82, 2.24) is 10.3 Å². The summed E-state index contributed by atoms with van der Waals surface area (Å²) in [4.78, 5) is 31.6. The first-order valence-electron chi connectivity index (χ1n) is 9.49. The van der Waals surface area contributed by atoms with Crippen LogP contribution < -0.4 is 15.5 Å². The van der Waals surface area contributed by atoms with Gasteiger partial charge in [-0.1, -0.05) is 13.0 Å². The molecule has 6 nitrogen and oxygen atoms in total. The number of benzene rings is 1. The van der Waals surface area contributed by atoms with Crippen LogP contribution in [0, 0.1) is 13.8 Å². The number of urea groups is 1. The van der Waals surface area contributed by atoms with Crippen molar-refractivity contribution in [3.8, 4) is 0 Å². The normalized spacial score (nSPS) is 14.2. The fourth-order valence-corrected chi connectivity index (χ4v) is 4.20. The number of rotatable bonds is 4. The van der Waals surface area contributed by atoms with Crippen LogP contribution in [0.1, 0.15) is 41.9 Å². The minimum atomic E-state index is -0.213. The molecule has 0 radical (unpaired) electrons. The Labute approximate surface area is 170 Å². The minimum Gasteiger partial charge on any atom is -0.350 e. The Kier molecular flexibility index (Phi) is 6.24. The molecule has 1 atom stereocenters. The molecule has 0 saturated heterocycles. The van der Waals surface area contributed by atoms with Crippen molar-refractivity contribution < 1.29 is 9.59 Å². The summed E-state index contributed by atoms with van der Waals surface area (Å²) >= 11 is 1.67. The van der Waals surface area contributed by atoms with Crippen molar-refractivity contribution in [2.24, 2.45) is 0 Å². The number of pyridine rings is 1. The van der Waals surface area contributed by atoms with Gasteiger partial charge in [0.2, 0.25) is 0 Å². The van der Waals surface area contributed by atoms with Crippen molar-refractivity contribution in [3.63, 3.8) is 0 Å². The Morgan fingerprint density at radius 1 is 1.29 bits per heavy atom. The van der Waals surface area contributed by atoms with Crippen LogP contribution >= 0.6 is 11.8 Å². The van der Waals surface area contributed by atoms with Crippen LogP contribution in [0.25, 0.3) is 0 Å². The van der Waals surface area contributed by atoms with Crippen LogP contribution in [0.2, 0.25) is 0 Å². The summed E-state index contributed by atoms with van der Waals surface area (Å²) in [5.41, 5.74) is 3.98. The first-order chi connectivity index (χ1) is 13.4. The molecule has 1 aliphatic rings. The van der Waals surface area contributed by atoms with E-state index in [9.17, 15) is 9.59 Å². The highest BCUT2D eigenvalue weighted by molar-refractivity contribution is 7.99. The van der Waals surface area contributed by atoms with E-state index in [1.54, 1.807) is 40.9 Å². The fraction of sp³-hybridized carbons (Fsp3) is 0.381. The molecule has 1 unspecified atom stereocenters. The minimum absolute atomic E-state index is 0.104. The molecule has 2 aromatic rings. The summed E-state index contributed by atoms with van der Waals surface area (Å²) < 4.78 is 0. The second-order valence-corrected chi connectivity index (χ2v) is 8.11. The molecule has 3 amide bonds. The van der Waals surface area contributed by atoms with Gasteiger partial charge in [-0.15, -0.1) is 11.8 Å². The lowest BCUT2D eigenvalue weighted by Crippen LogP contribution is -2.39. The van der Waals surface area contributed by atoms with Crippen molar-refractivity contribution >= 4 is 35.1 Å². The third-order valence-corrected chi connectivity index (χ3v) is 5.66. The molecule has 2 N–H and O–H groups in total. The fourth-order valence-electron chi connectivity index (χ4n) is 3.11. The van der Waals surface area contributed by atoms with E-state index in [1.165, 1.54) is 0 Å². The van der Waals surface area contributed by atoms with Gasteiger partial charge in [0.1, 0.15) is 5.03 Å². The van der Waals surface area contributed by atoms with Crippen LogP contribution in [-0.2, 0) is 0 Å². The number of nitrogens with zero attached hydrogens (tertiary/aromatic N) is 2. The molecule has 3 rings (SSSR count). The lowest BCUT2D eigenvalue weighted by Gasteiger charge is -2.30. The van der Waals surface area contributed by atoms with Gasteiger partial charge in [-0.3, -0.25) is 9.69 Å². The van der Waals surface area contributed by atoms with E-state index in [2.05, 4.69) is 15.6 Å². The molecule has 7 heteroatoms. The summed E-state index contributed by atoms with van der Waals surface area (Å²) in [5.74, 6) is 0.661. The number of aromatic nitrogens is 1. The number of carbonyl (C=O) groups excluding carboxylic acids is 2. The van der Waals surface area contributed by atoms with Crippen molar-refractivity contribution in [2.75, 3.05) is 22.5 Å². The maximum atomic E-state index is 12.9. The third kappa shape index (κ3) is 4.47. The SMILES string of the molecule is CCC(C)NC(=O)c1cccc(NC(=O)N2CCSc3nc(C)cc(C)c32)c1. The first-order valence-corrected chi connectivity index (χ1v) is 10.5. The van der Waals surface area contributed by atoms with E-state index in [0.717, 1.165) is 34.1 Å². The van der Waals surface area contributed by atoms with Gasteiger partial charge in [0.15, 0.2) is 0 Å². The van der Waals surface area contributed by atoms with Crippen LogP contribution in [0.5, 0.6) is 0 Å². The van der Waals surface area contributed by atoms with Crippen molar-refractivity contribution in [1.29, 1.82) is 0 Å². The molecule has 2 heterocycles. The molecular formula is C21H26N4O2S. The van der Waals surface area contributed by atoms with Gasteiger partial charge in [-0.05, 0) is 57.0 Å². The number of hydrogen-bond acceptors (Lipinski definition) is 4. The zero-order valence-electron chi connectivity index (χ0n) is 16.7. The van der Waals surface area contributed by atoms with Gasteiger partial charge in [-0.2, -0.15) is 0 Å². The number of amides is 3. The number of carbonyl (C=O) groups is 2. The van der Waals surface area contributed by atoms with E-state index in [1.807, 2.05) is 33.8 Å². The molecule has 148 valence electrons. The van der Waals surface area contributed by atoms with Crippen LogP contribution in [-0.4, -0.2) is 35.3 Å². The average molecular weight is 399 g/mol. The Balaban J connectivity index is 1.78. The molecule has 0 bridgehead atoms. The molecule has 0 aliphatic carbocycles. The van der Waals surface area contributed by atoms with E-state index >= 15 is 0 Å². The Hall–Kier alpha value is -2.54. The predicted molar refractivity (Wildman–Crippen MR) is 114 cm³/mol. The lowest BCUT2D eigenvalue weighted by atomic mass is 10.1. The Morgan fingerprint density at radius 3 is 2.82 bits per heavy atom. The molecule has 0 spiro atoms. The largest absolute Gasteiger partial charge is 0.350 e. The molecule has 0 saturated carbocycles. The van der Waals surface area contributed by atoms with Gasteiger partial charge in [0.25, 0.3) is 5.91 Å². The van der Waals surface area contributed by atoms with Crippen molar-refractivity contribution in [2.45, 2.75) is 45.2 Å². The second-order valence-electron chi connectivity index (χ2n) is 7.03. The number of aryl methyl sites for hydroxylation is 2. The molecule has 1 aromatic heterocycles. The predicted octanol–water partition coefficient (Wildman–Crippen LogP) is 4.37. The standard InChI is InChI=1S/C21H26N4O2S/c1-5-14(3)22-19(26)16-7-6-8-17(12-16)24-21(27)25-9-10-28-20-18(25)13(2)11-15(4)23-20/h6-8,11-12,14H,5,9-10H2,1-4H3,(H,22,26)(H,24,27). The lowest BCUT2D eigenvalue weighted by molar-refractivity contribution is 0.0939. The molecule has 0 fully saturated rings. The van der Waals surface area contributed by atoms with Crippen LogP contribution in [0.15, 0.2) is 35.4 Å². The van der Waals surface area contributed by atoms with Crippen LogP contribution in [0.3, 0.4) is 0 Å². The Bertz CT molecular complexity index is 900. The number of fused-ring (bicyclic) bond motifs is 1. The van der Waals surface area contributed by atoms with Crippen LogP contribution in [0.4, 0.5) is 16.2 Å². The van der Waals surface area contributed by atoms with E-state index < -0.39 is 0 Å². The van der Waals surface area contributed by atoms with Gasteiger partial charge in [0.05, 0.1) is 5.69 Å². The molecular weight excluding hydrogens is 372 g/mol. The number of hydrogen-bond donors (Lipinski definition) is 2. The van der Waals surface area contributed by atoms with E-state index in [4.69, 9.17) is 0 Å². The molecule has 1 aliphatic heterocycles. The smallest absolute Gasteiger partial charge is 0.326 e. The number of thioether (sulfide) groups is 1. The van der Waals surface area contributed by atoms with Gasteiger partial charge in [0, 0.05) is 35.3 Å².